The van der Waals surface area contributed by atoms with Crippen molar-refractivity contribution in [2.75, 3.05) is 13.2 Å². The lowest BCUT2D eigenvalue weighted by Gasteiger charge is -2.03. The summed E-state index contributed by atoms with van der Waals surface area (Å²) in [5.41, 5.74) is 0. The normalized spacial score (nSPS) is 20.6. The van der Waals surface area contributed by atoms with Crippen molar-refractivity contribution in [2.24, 2.45) is 10.1 Å². The van der Waals surface area contributed by atoms with Crippen LogP contribution in [0, 0.1) is 0 Å². The summed E-state index contributed by atoms with van der Waals surface area (Å²) in [5.74, 6) is 0. The van der Waals surface area contributed by atoms with Crippen molar-refractivity contribution in [3.8, 4) is 0 Å². The molecule has 0 bridgehead atoms. The van der Waals surface area contributed by atoms with Gasteiger partial charge in [-0.2, -0.15) is 0 Å². The predicted octanol–water partition coefficient (Wildman–Crippen LogP) is 1.54. The van der Waals surface area contributed by atoms with Gasteiger partial charge in [-0.05, 0) is 19.3 Å². The van der Waals surface area contributed by atoms with Crippen LogP contribution in [0.5, 0.6) is 0 Å². The Morgan fingerprint density at radius 3 is 2.91 bits per heavy atom. The summed E-state index contributed by atoms with van der Waals surface area (Å²) in [5, 5.41) is 5.98. The van der Waals surface area contributed by atoms with E-state index in [1.807, 2.05) is 0 Å². The lowest BCUT2D eigenvalue weighted by Crippen LogP contribution is -2.04. The first-order chi connectivity index (χ1) is 5.43. The molecule has 1 aliphatic heterocycles. The van der Waals surface area contributed by atoms with Gasteiger partial charge in [0, 0.05) is 18.5 Å². The van der Waals surface area contributed by atoms with Crippen LogP contribution in [-0.2, 0) is 4.74 Å². The molecule has 1 rings (SSSR count). The number of hydrogen-bond acceptors (Lipinski definition) is 4. The molecule has 64 valence electrons. The van der Waals surface area contributed by atoms with Gasteiger partial charge in [0.15, 0.2) is 0 Å². The molecule has 0 spiro atoms. The second-order valence-electron chi connectivity index (χ2n) is 2.53. The van der Waals surface area contributed by atoms with E-state index in [9.17, 15) is 0 Å². The number of rotatable bonds is 0. The van der Waals surface area contributed by atoms with Crippen LogP contribution in [0.3, 0.4) is 0 Å². The van der Waals surface area contributed by atoms with Crippen LogP contribution in [0.4, 0.5) is 0 Å². The Bertz CT molecular complexity index is 138. The molecule has 0 atom stereocenters. The molecule has 0 aliphatic carbocycles. The second-order valence-corrected chi connectivity index (χ2v) is 3.11. The van der Waals surface area contributed by atoms with Crippen molar-refractivity contribution in [3.05, 3.63) is 0 Å². The Hall–Kier alpha value is -0.220. The Morgan fingerprint density at radius 2 is 2.09 bits per heavy atom. The van der Waals surface area contributed by atoms with Crippen molar-refractivity contribution in [1.82, 2.24) is 0 Å². The number of ether oxygens (including phenoxy) is 1. The Balaban J connectivity index is 2.34. The molecule has 0 saturated heterocycles. The number of aliphatic imine (C=N–C) groups is 1. The second kappa shape index (κ2) is 5.43. The molecule has 1 heterocycles. The highest BCUT2D eigenvalue weighted by molar-refractivity contribution is 8.11. The molecule has 3 nitrogen and oxygen atoms in total. The molecule has 0 radical (unpaired) electrons. The van der Waals surface area contributed by atoms with Crippen molar-refractivity contribution in [3.63, 3.8) is 0 Å². The average Bonchev–Trinajstić information content (AvgIpc) is 2.16. The van der Waals surface area contributed by atoms with E-state index >= 15 is 0 Å². The minimum absolute atomic E-state index is 0.645. The molecular weight excluding hydrogens is 160 g/mol. The molecule has 2 N–H and O–H groups in total. The predicted molar refractivity (Wildman–Crippen MR) is 48.5 cm³/mol. The summed E-state index contributed by atoms with van der Waals surface area (Å²) >= 11 is 1.11. The molecule has 0 aromatic carbocycles. The number of hydrogen-bond donors (Lipinski definition) is 1. The van der Waals surface area contributed by atoms with Crippen LogP contribution < -0.4 is 5.14 Å². The van der Waals surface area contributed by atoms with Crippen molar-refractivity contribution in [1.29, 1.82) is 0 Å². The first-order valence-corrected chi connectivity index (χ1v) is 4.85. The highest BCUT2D eigenvalue weighted by Crippen LogP contribution is 2.06. The third-order valence-corrected chi connectivity index (χ3v) is 2.07. The molecule has 1 aliphatic rings. The first-order valence-electron chi connectivity index (χ1n) is 3.97. The van der Waals surface area contributed by atoms with Crippen LogP contribution in [0.1, 0.15) is 25.7 Å². The van der Waals surface area contributed by atoms with E-state index in [1.165, 1.54) is 12.8 Å². The Labute approximate surface area is 71.5 Å². The molecule has 4 heteroatoms. The van der Waals surface area contributed by atoms with Crippen molar-refractivity contribution in [2.45, 2.75) is 25.7 Å². The van der Waals surface area contributed by atoms with Gasteiger partial charge >= 0.3 is 0 Å². The fourth-order valence-electron chi connectivity index (χ4n) is 1.01. The lowest BCUT2D eigenvalue weighted by atomic mass is 10.2. The van der Waals surface area contributed by atoms with Crippen LogP contribution in [0.15, 0.2) is 4.99 Å². The summed E-state index contributed by atoms with van der Waals surface area (Å²) in [6, 6.07) is 0. The smallest absolute Gasteiger partial charge is 0.261 e. The van der Waals surface area contributed by atoms with Crippen molar-refractivity contribution < 1.29 is 4.74 Å². The summed E-state index contributed by atoms with van der Waals surface area (Å²) in [6.45, 7) is 1.63. The SMILES string of the molecule is NSC1=NCCCCCCO1. The third-order valence-electron chi connectivity index (χ3n) is 1.62. The van der Waals surface area contributed by atoms with Gasteiger partial charge in [0.2, 0.25) is 0 Å². The highest BCUT2D eigenvalue weighted by Gasteiger charge is 2.00. The van der Waals surface area contributed by atoms with Gasteiger partial charge < -0.3 is 4.74 Å². The van der Waals surface area contributed by atoms with Gasteiger partial charge in [-0.3, -0.25) is 5.14 Å². The first kappa shape index (κ1) is 8.87. The van der Waals surface area contributed by atoms with E-state index < -0.39 is 0 Å². The molecule has 0 unspecified atom stereocenters. The number of nitrogens with zero attached hydrogens (tertiary/aromatic N) is 1. The molecule has 0 aromatic heterocycles. The monoisotopic (exact) mass is 174 g/mol. The molecule has 0 amide bonds. The van der Waals surface area contributed by atoms with Gasteiger partial charge in [-0.1, -0.05) is 6.42 Å². The van der Waals surface area contributed by atoms with E-state index in [-0.39, 0.29) is 0 Å². The largest absolute Gasteiger partial charge is 0.472 e. The standard InChI is InChI=1S/C7H14N2OS/c8-11-7-9-5-3-1-2-4-6-10-7/h1-6,8H2. The Kier molecular flexibility index (Phi) is 4.38. The van der Waals surface area contributed by atoms with Gasteiger partial charge in [0.25, 0.3) is 5.23 Å². The van der Waals surface area contributed by atoms with E-state index in [0.29, 0.717) is 5.23 Å². The molecule has 0 aromatic rings. The zero-order chi connectivity index (χ0) is 7.94. The minimum Gasteiger partial charge on any atom is -0.472 e. The zero-order valence-corrected chi connectivity index (χ0v) is 7.40. The third kappa shape index (κ3) is 3.62. The maximum Gasteiger partial charge on any atom is 0.261 e. The van der Waals surface area contributed by atoms with Crippen molar-refractivity contribution >= 4 is 17.2 Å². The number of nitrogens with two attached hydrogens (primary N) is 1. The molecular formula is C7H14N2OS. The highest BCUT2D eigenvalue weighted by atomic mass is 32.2. The van der Waals surface area contributed by atoms with Crippen LogP contribution in [0.25, 0.3) is 0 Å². The van der Waals surface area contributed by atoms with Crippen LogP contribution in [0.2, 0.25) is 0 Å². The molecule has 0 saturated carbocycles. The van der Waals surface area contributed by atoms with Crippen LogP contribution in [-0.4, -0.2) is 18.4 Å². The maximum atomic E-state index is 5.34. The van der Waals surface area contributed by atoms with Gasteiger partial charge in [0.1, 0.15) is 0 Å². The minimum atomic E-state index is 0.645. The van der Waals surface area contributed by atoms with E-state index in [4.69, 9.17) is 9.88 Å². The summed E-state index contributed by atoms with van der Waals surface area (Å²) in [4.78, 5) is 4.19. The molecule has 11 heavy (non-hydrogen) atoms. The quantitative estimate of drug-likeness (QED) is 0.567. The fraction of sp³-hybridized carbons (Fsp3) is 0.857. The van der Waals surface area contributed by atoms with E-state index in [0.717, 1.165) is 37.9 Å². The van der Waals surface area contributed by atoms with E-state index in [2.05, 4.69) is 4.99 Å². The van der Waals surface area contributed by atoms with Gasteiger partial charge in [-0.15, -0.1) is 0 Å². The molecule has 0 fully saturated rings. The lowest BCUT2D eigenvalue weighted by molar-refractivity contribution is 0.304. The van der Waals surface area contributed by atoms with Gasteiger partial charge in [0.05, 0.1) is 6.61 Å². The topological polar surface area (TPSA) is 47.6 Å². The zero-order valence-electron chi connectivity index (χ0n) is 6.58. The maximum absolute atomic E-state index is 5.34. The Morgan fingerprint density at radius 1 is 1.27 bits per heavy atom. The fourth-order valence-corrected chi connectivity index (χ4v) is 1.33. The van der Waals surface area contributed by atoms with Crippen LogP contribution >= 0.6 is 11.9 Å². The average molecular weight is 174 g/mol. The summed E-state index contributed by atoms with van der Waals surface area (Å²) < 4.78 is 5.30. The summed E-state index contributed by atoms with van der Waals surface area (Å²) in [7, 11) is 0. The van der Waals surface area contributed by atoms with Gasteiger partial charge in [-0.25, -0.2) is 4.99 Å². The summed E-state index contributed by atoms with van der Waals surface area (Å²) in [6.07, 6.45) is 4.79. The van der Waals surface area contributed by atoms with E-state index in [1.54, 1.807) is 0 Å².